The van der Waals surface area contributed by atoms with Gasteiger partial charge in [-0.2, -0.15) is 0 Å². The van der Waals surface area contributed by atoms with Crippen LogP contribution in [-0.2, 0) is 4.79 Å². The summed E-state index contributed by atoms with van der Waals surface area (Å²) in [5.74, 6) is 1.24. The van der Waals surface area contributed by atoms with Gasteiger partial charge in [-0.1, -0.05) is 6.92 Å². The van der Waals surface area contributed by atoms with Crippen LogP contribution < -0.4 is 20.1 Å². The van der Waals surface area contributed by atoms with Crippen LogP contribution in [0.4, 0.5) is 5.69 Å². The second-order valence-electron chi connectivity index (χ2n) is 4.28. The fourth-order valence-corrected chi connectivity index (χ4v) is 1.81. The molecule has 2 N–H and O–H groups in total. The van der Waals surface area contributed by atoms with Crippen molar-refractivity contribution in [1.29, 1.82) is 0 Å². The van der Waals surface area contributed by atoms with Gasteiger partial charge in [-0.15, -0.1) is 0 Å². The molecule has 5 heteroatoms. The van der Waals surface area contributed by atoms with Crippen LogP contribution in [-0.4, -0.2) is 32.7 Å². The van der Waals surface area contributed by atoms with Gasteiger partial charge in [0.1, 0.15) is 11.5 Å². The van der Waals surface area contributed by atoms with Gasteiger partial charge >= 0.3 is 0 Å². The summed E-state index contributed by atoms with van der Waals surface area (Å²) in [6, 6.07) is 5.44. The Kier molecular flexibility index (Phi) is 6.15. The van der Waals surface area contributed by atoms with Crippen LogP contribution in [0.2, 0.25) is 0 Å². The van der Waals surface area contributed by atoms with Gasteiger partial charge in [-0.3, -0.25) is 4.79 Å². The number of ether oxygens (including phenoxy) is 2. The quantitative estimate of drug-likeness (QED) is 0.793. The third-order valence-corrected chi connectivity index (χ3v) is 2.72. The van der Waals surface area contributed by atoms with Crippen LogP contribution in [0.15, 0.2) is 18.2 Å². The van der Waals surface area contributed by atoms with E-state index in [1.807, 2.05) is 13.8 Å². The third kappa shape index (κ3) is 4.79. The second-order valence-corrected chi connectivity index (χ2v) is 4.28. The van der Waals surface area contributed by atoms with E-state index in [0.717, 1.165) is 6.54 Å². The van der Waals surface area contributed by atoms with Crippen molar-refractivity contribution >= 4 is 11.6 Å². The van der Waals surface area contributed by atoms with Crippen LogP contribution in [0, 0.1) is 0 Å². The lowest BCUT2D eigenvalue weighted by Gasteiger charge is -2.14. The number of amides is 1. The van der Waals surface area contributed by atoms with Crippen molar-refractivity contribution in [3.05, 3.63) is 18.2 Å². The van der Waals surface area contributed by atoms with E-state index in [9.17, 15) is 4.79 Å². The zero-order valence-electron chi connectivity index (χ0n) is 11.9. The lowest BCUT2D eigenvalue weighted by Crippen LogP contribution is -2.30. The summed E-state index contributed by atoms with van der Waals surface area (Å²) in [6.07, 6.45) is 0.411. The van der Waals surface area contributed by atoms with Crippen molar-refractivity contribution in [1.82, 2.24) is 5.32 Å². The van der Waals surface area contributed by atoms with Crippen LogP contribution >= 0.6 is 0 Å². The minimum atomic E-state index is -0.0556. The minimum Gasteiger partial charge on any atom is -0.497 e. The van der Waals surface area contributed by atoms with Gasteiger partial charge in [0.2, 0.25) is 5.91 Å². The van der Waals surface area contributed by atoms with Gasteiger partial charge in [0.15, 0.2) is 0 Å². The number of rotatable bonds is 7. The first-order valence-corrected chi connectivity index (χ1v) is 6.36. The highest BCUT2D eigenvalue weighted by molar-refractivity contribution is 5.92. The Balaban J connectivity index is 2.71. The number of hydrogen-bond donors (Lipinski definition) is 2. The fourth-order valence-electron chi connectivity index (χ4n) is 1.81. The summed E-state index contributed by atoms with van der Waals surface area (Å²) in [5, 5.41) is 6.04. The first-order chi connectivity index (χ1) is 9.10. The fraction of sp³-hybridized carbons (Fsp3) is 0.500. The standard InChI is InChI=1S/C14H22N2O3/c1-5-15-10(2)8-14(17)16-12-9-11(18-3)6-7-13(12)19-4/h6-7,9-10,15H,5,8H2,1-4H3,(H,16,17). The van der Waals surface area contributed by atoms with E-state index >= 15 is 0 Å². The molecule has 19 heavy (non-hydrogen) atoms. The van der Waals surface area contributed by atoms with E-state index in [1.54, 1.807) is 32.4 Å². The van der Waals surface area contributed by atoms with E-state index in [0.29, 0.717) is 23.6 Å². The van der Waals surface area contributed by atoms with Crippen molar-refractivity contribution in [3.63, 3.8) is 0 Å². The predicted octanol–water partition coefficient (Wildman–Crippen LogP) is 2.03. The molecule has 0 radical (unpaired) electrons. The van der Waals surface area contributed by atoms with E-state index in [1.165, 1.54) is 0 Å². The van der Waals surface area contributed by atoms with Crippen molar-refractivity contribution in [2.75, 3.05) is 26.1 Å². The van der Waals surface area contributed by atoms with Crippen LogP contribution in [0.3, 0.4) is 0 Å². The molecule has 106 valence electrons. The monoisotopic (exact) mass is 266 g/mol. The summed E-state index contributed by atoms with van der Waals surface area (Å²) < 4.78 is 10.3. The maximum absolute atomic E-state index is 11.9. The Labute approximate surface area is 114 Å². The van der Waals surface area contributed by atoms with E-state index < -0.39 is 0 Å². The highest BCUT2D eigenvalue weighted by Crippen LogP contribution is 2.28. The van der Waals surface area contributed by atoms with Gasteiger partial charge in [0.05, 0.1) is 19.9 Å². The first-order valence-electron chi connectivity index (χ1n) is 6.36. The molecular weight excluding hydrogens is 244 g/mol. The lowest BCUT2D eigenvalue weighted by molar-refractivity contribution is -0.116. The highest BCUT2D eigenvalue weighted by Gasteiger charge is 2.11. The molecule has 0 heterocycles. The summed E-state index contributed by atoms with van der Waals surface area (Å²) in [4.78, 5) is 11.9. The average Bonchev–Trinajstić information content (AvgIpc) is 2.38. The molecule has 1 unspecified atom stereocenters. The summed E-state index contributed by atoms with van der Waals surface area (Å²) >= 11 is 0. The third-order valence-electron chi connectivity index (χ3n) is 2.72. The Morgan fingerprint density at radius 2 is 2.05 bits per heavy atom. The number of carbonyl (C=O) groups excluding carboxylic acids is 1. The van der Waals surface area contributed by atoms with Crippen molar-refractivity contribution in [3.8, 4) is 11.5 Å². The molecule has 5 nitrogen and oxygen atoms in total. The highest BCUT2D eigenvalue weighted by atomic mass is 16.5. The molecule has 0 bridgehead atoms. The number of anilines is 1. The summed E-state index contributed by atoms with van der Waals surface area (Å²) in [5.41, 5.74) is 0.621. The molecule has 0 spiro atoms. The molecule has 0 saturated carbocycles. The van der Waals surface area contributed by atoms with Crippen molar-refractivity contribution < 1.29 is 14.3 Å². The molecule has 0 fully saturated rings. The molecule has 1 aromatic carbocycles. The molecule has 0 aromatic heterocycles. The van der Waals surface area contributed by atoms with Gasteiger partial charge in [-0.25, -0.2) is 0 Å². The average molecular weight is 266 g/mol. The maximum Gasteiger partial charge on any atom is 0.226 e. The minimum absolute atomic E-state index is 0.0556. The summed E-state index contributed by atoms with van der Waals surface area (Å²) in [7, 11) is 3.15. The topological polar surface area (TPSA) is 59.6 Å². The van der Waals surface area contributed by atoms with Crippen LogP contribution in [0.1, 0.15) is 20.3 Å². The molecule has 1 aromatic rings. The predicted molar refractivity (Wildman–Crippen MR) is 75.9 cm³/mol. The Hall–Kier alpha value is -1.75. The second kappa shape index (κ2) is 7.63. The number of benzene rings is 1. The van der Waals surface area contributed by atoms with Crippen molar-refractivity contribution in [2.45, 2.75) is 26.3 Å². The van der Waals surface area contributed by atoms with Crippen LogP contribution in [0.5, 0.6) is 11.5 Å². The van der Waals surface area contributed by atoms with E-state index in [4.69, 9.17) is 9.47 Å². The molecule has 1 amide bonds. The molecule has 0 aliphatic carbocycles. The maximum atomic E-state index is 11.9. The largest absolute Gasteiger partial charge is 0.497 e. The van der Waals surface area contributed by atoms with Gasteiger partial charge in [-0.05, 0) is 25.6 Å². The normalized spacial score (nSPS) is 11.8. The SMILES string of the molecule is CCNC(C)CC(=O)Nc1cc(OC)ccc1OC. The van der Waals surface area contributed by atoms with Gasteiger partial charge in [0, 0.05) is 18.5 Å². The molecule has 0 aliphatic rings. The van der Waals surface area contributed by atoms with Gasteiger partial charge < -0.3 is 20.1 Å². The molecule has 0 aliphatic heterocycles. The smallest absolute Gasteiger partial charge is 0.226 e. The van der Waals surface area contributed by atoms with E-state index in [2.05, 4.69) is 10.6 Å². The molecular formula is C14H22N2O3. The van der Waals surface area contributed by atoms with Gasteiger partial charge in [0.25, 0.3) is 0 Å². The van der Waals surface area contributed by atoms with Crippen LogP contribution in [0.25, 0.3) is 0 Å². The Bertz CT molecular complexity index is 421. The molecule has 0 saturated heterocycles. The number of nitrogens with one attached hydrogen (secondary N) is 2. The molecule has 1 rings (SSSR count). The zero-order chi connectivity index (χ0) is 14.3. The summed E-state index contributed by atoms with van der Waals surface area (Å²) in [6.45, 7) is 4.84. The number of hydrogen-bond acceptors (Lipinski definition) is 4. The zero-order valence-corrected chi connectivity index (χ0v) is 11.9. The Morgan fingerprint density at radius 3 is 2.63 bits per heavy atom. The lowest BCUT2D eigenvalue weighted by atomic mass is 10.2. The first kappa shape index (κ1) is 15.3. The molecule has 1 atom stereocenters. The van der Waals surface area contributed by atoms with E-state index in [-0.39, 0.29) is 11.9 Å². The number of carbonyl (C=O) groups is 1. The number of methoxy groups -OCH3 is 2. The Morgan fingerprint density at radius 1 is 1.32 bits per heavy atom. The van der Waals surface area contributed by atoms with Crippen molar-refractivity contribution in [2.24, 2.45) is 0 Å².